The number of fused-ring (bicyclic) bond motifs is 1. The van der Waals surface area contributed by atoms with Gasteiger partial charge in [-0.2, -0.15) is 0 Å². The van der Waals surface area contributed by atoms with E-state index in [1.807, 2.05) is 49.5 Å². The molecule has 0 amide bonds. The van der Waals surface area contributed by atoms with Gasteiger partial charge < -0.3 is 20.1 Å². The number of aliphatic hydroxyl groups is 1. The Morgan fingerprint density at radius 3 is 2.74 bits per heavy atom. The van der Waals surface area contributed by atoms with E-state index in [9.17, 15) is 9.50 Å². The summed E-state index contributed by atoms with van der Waals surface area (Å²) in [5.41, 5.74) is 3.99. The first-order valence-corrected chi connectivity index (χ1v) is 11.9. The number of nitrogens with one attached hydrogen (secondary N) is 1. The molecule has 2 aromatic carbocycles. The van der Waals surface area contributed by atoms with Crippen LogP contribution >= 0.6 is 11.6 Å². The van der Waals surface area contributed by atoms with E-state index in [0.717, 1.165) is 34.4 Å². The summed E-state index contributed by atoms with van der Waals surface area (Å²) in [4.78, 5) is 11.2. The Labute approximate surface area is 208 Å². The van der Waals surface area contributed by atoms with Gasteiger partial charge in [0.25, 0.3) is 0 Å². The van der Waals surface area contributed by atoms with Crippen LogP contribution in [0.5, 0.6) is 0 Å². The molecule has 35 heavy (non-hydrogen) atoms. The first-order chi connectivity index (χ1) is 17.0. The van der Waals surface area contributed by atoms with Crippen molar-refractivity contribution >= 4 is 34.0 Å². The van der Waals surface area contributed by atoms with Crippen LogP contribution in [0.1, 0.15) is 18.5 Å². The zero-order valence-electron chi connectivity index (χ0n) is 19.3. The van der Waals surface area contributed by atoms with Crippen molar-refractivity contribution in [2.75, 3.05) is 36.5 Å². The van der Waals surface area contributed by atoms with Crippen LogP contribution in [0.15, 0.2) is 67.0 Å². The molecular weight excluding hydrogens is 467 g/mol. The smallest absolute Gasteiger partial charge is 0.128 e. The van der Waals surface area contributed by atoms with Gasteiger partial charge in [0.2, 0.25) is 0 Å². The SMILES string of the molecule is C[C@@H](Nc1c(Cl)cnc2ccc(-c3ccc(N4CCOC(CO)C4)nc3)cc12)c1ccccc1F. The Balaban J connectivity index is 1.44. The lowest BCUT2D eigenvalue weighted by atomic mass is 10.0. The van der Waals surface area contributed by atoms with E-state index in [1.54, 1.807) is 18.3 Å². The summed E-state index contributed by atoms with van der Waals surface area (Å²) in [5, 5.41) is 14.1. The van der Waals surface area contributed by atoms with Gasteiger partial charge in [-0.05, 0) is 42.8 Å². The fourth-order valence-electron chi connectivity index (χ4n) is 4.40. The zero-order valence-corrected chi connectivity index (χ0v) is 20.0. The lowest BCUT2D eigenvalue weighted by molar-refractivity contribution is 0.00336. The molecule has 0 spiro atoms. The molecule has 4 aromatic rings. The highest BCUT2D eigenvalue weighted by Gasteiger charge is 2.21. The Morgan fingerprint density at radius 1 is 1.14 bits per heavy atom. The highest BCUT2D eigenvalue weighted by atomic mass is 35.5. The van der Waals surface area contributed by atoms with Crippen LogP contribution < -0.4 is 10.2 Å². The van der Waals surface area contributed by atoms with Crippen molar-refractivity contribution in [1.29, 1.82) is 0 Å². The summed E-state index contributed by atoms with van der Waals surface area (Å²) in [5.74, 6) is 0.585. The Morgan fingerprint density at radius 2 is 1.97 bits per heavy atom. The molecule has 0 saturated carbocycles. The number of aliphatic hydroxyl groups excluding tert-OH is 1. The number of rotatable bonds is 6. The van der Waals surface area contributed by atoms with Crippen LogP contribution in [-0.2, 0) is 4.74 Å². The van der Waals surface area contributed by atoms with Crippen LogP contribution in [-0.4, -0.2) is 47.5 Å². The summed E-state index contributed by atoms with van der Waals surface area (Å²) in [6.45, 7) is 3.80. The molecule has 2 atom stereocenters. The number of hydrogen-bond acceptors (Lipinski definition) is 6. The van der Waals surface area contributed by atoms with Gasteiger partial charge in [0.15, 0.2) is 0 Å². The number of aromatic nitrogens is 2. The Kier molecular flexibility index (Phi) is 6.81. The minimum Gasteiger partial charge on any atom is -0.394 e. The lowest BCUT2D eigenvalue weighted by Crippen LogP contribution is -2.44. The summed E-state index contributed by atoms with van der Waals surface area (Å²) in [7, 11) is 0. The van der Waals surface area contributed by atoms with Gasteiger partial charge in [-0.1, -0.05) is 35.9 Å². The van der Waals surface area contributed by atoms with Crippen LogP contribution in [0.4, 0.5) is 15.9 Å². The molecule has 0 radical (unpaired) electrons. The predicted molar refractivity (Wildman–Crippen MR) is 137 cm³/mol. The number of halogens is 2. The van der Waals surface area contributed by atoms with Crippen molar-refractivity contribution < 1.29 is 14.2 Å². The molecule has 8 heteroatoms. The third-order valence-electron chi connectivity index (χ3n) is 6.30. The molecule has 3 heterocycles. The molecule has 1 unspecified atom stereocenters. The molecule has 1 saturated heterocycles. The highest BCUT2D eigenvalue weighted by Crippen LogP contribution is 2.35. The van der Waals surface area contributed by atoms with Crippen molar-refractivity contribution in [2.24, 2.45) is 0 Å². The van der Waals surface area contributed by atoms with Crippen molar-refractivity contribution in [3.63, 3.8) is 0 Å². The van der Waals surface area contributed by atoms with E-state index in [-0.39, 0.29) is 24.6 Å². The first-order valence-electron chi connectivity index (χ1n) is 11.6. The summed E-state index contributed by atoms with van der Waals surface area (Å²) < 4.78 is 19.9. The lowest BCUT2D eigenvalue weighted by Gasteiger charge is -2.32. The molecular formula is C27H26ClFN4O2. The molecule has 2 aromatic heterocycles. The molecule has 6 nitrogen and oxygen atoms in total. The van der Waals surface area contributed by atoms with Crippen LogP contribution in [0.2, 0.25) is 5.02 Å². The monoisotopic (exact) mass is 492 g/mol. The summed E-state index contributed by atoms with van der Waals surface area (Å²) in [6.07, 6.45) is 3.26. The standard InChI is InChI=1S/C27H26ClFN4O2/c1-17(21-4-2-3-5-24(21)29)32-27-22-12-18(6-8-25(22)30-14-23(27)28)19-7-9-26(31-13-19)33-10-11-35-20(15-33)16-34/h2-9,12-14,17,20,34H,10-11,15-16H2,1H3,(H,30,32)/t17-,20?/m1/s1. The van der Waals surface area contributed by atoms with Crippen molar-refractivity contribution in [3.8, 4) is 11.1 Å². The number of ether oxygens (including phenoxy) is 1. The number of nitrogens with zero attached hydrogens (tertiary/aromatic N) is 3. The van der Waals surface area contributed by atoms with Gasteiger partial charge in [-0.15, -0.1) is 0 Å². The van der Waals surface area contributed by atoms with E-state index in [4.69, 9.17) is 16.3 Å². The van der Waals surface area contributed by atoms with Gasteiger partial charge in [-0.3, -0.25) is 4.98 Å². The number of morpholine rings is 1. The first kappa shape index (κ1) is 23.5. The number of hydrogen-bond donors (Lipinski definition) is 2. The van der Waals surface area contributed by atoms with Gasteiger partial charge in [0.1, 0.15) is 11.6 Å². The predicted octanol–water partition coefficient (Wildman–Crippen LogP) is 5.46. The molecule has 180 valence electrons. The van der Waals surface area contributed by atoms with Crippen molar-refractivity contribution in [3.05, 3.63) is 83.4 Å². The molecule has 1 aliphatic heterocycles. The van der Waals surface area contributed by atoms with Gasteiger partial charge in [-0.25, -0.2) is 9.37 Å². The van der Waals surface area contributed by atoms with Crippen LogP contribution in [0.25, 0.3) is 22.0 Å². The minimum atomic E-state index is -0.292. The van der Waals surface area contributed by atoms with E-state index < -0.39 is 0 Å². The number of pyridine rings is 2. The summed E-state index contributed by atoms with van der Waals surface area (Å²) >= 11 is 6.54. The molecule has 1 aliphatic rings. The minimum absolute atomic E-state index is 0.00579. The average Bonchev–Trinajstić information content (AvgIpc) is 2.90. The maximum Gasteiger partial charge on any atom is 0.128 e. The second kappa shape index (κ2) is 10.2. The van der Waals surface area contributed by atoms with Crippen molar-refractivity contribution in [1.82, 2.24) is 9.97 Å². The molecule has 0 bridgehead atoms. The van der Waals surface area contributed by atoms with E-state index in [2.05, 4.69) is 20.2 Å². The van der Waals surface area contributed by atoms with Crippen LogP contribution in [0.3, 0.4) is 0 Å². The second-order valence-corrected chi connectivity index (χ2v) is 9.03. The maximum absolute atomic E-state index is 14.3. The van der Waals surface area contributed by atoms with Gasteiger partial charge >= 0.3 is 0 Å². The van der Waals surface area contributed by atoms with E-state index in [0.29, 0.717) is 29.4 Å². The van der Waals surface area contributed by atoms with Gasteiger partial charge in [0.05, 0.1) is 41.6 Å². The van der Waals surface area contributed by atoms with E-state index in [1.165, 1.54) is 6.07 Å². The topological polar surface area (TPSA) is 70.5 Å². The third-order valence-corrected chi connectivity index (χ3v) is 6.59. The maximum atomic E-state index is 14.3. The van der Waals surface area contributed by atoms with Crippen LogP contribution in [0, 0.1) is 5.82 Å². The highest BCUT2D eigenvalue weighted by molar-refractivity contribution is 6.34. The molecule has 0 aliphatic carbocycles. The fraction of sp³-hybridized carbons (Fsp3) is 0.259. The van der Waals surface area contributed by atoms with Gasteiger partial charge in [0, 0.05) is 42.0 Å². The fourth-order valence-corrected chi connectivity index (χ4v) is 4.60. The zero-order chi connectivity index (χ0) is 24.4. The number of benzene rings is 2. The normalized spacial score (nSPS) is 16.9. The van der Waals surface area contributed by atoms with E-state index >= 15 is 0 Å². The van der Waals surface area contributed by atoms with Crippen molar-refractivity contribution in [2.45, 2.75) is 19.1 Å². The molecule has 2 N–H and O–H groups in total. The average molecular weight is 493 g/mol. The Bertz CT molecular complexity index is 1330. The number of anilines is 2. The Hall–Kier alpha value is -3.26. The third kappa shape index (κ3) is 4.93. The molecule has 1 fully saturated rings. The quantitative estimate of drug-likeness (QED) is 0.372. The second-order valence-electron chi connectivity index (χ2n) is 8.63. The largest absolute Gasteiger partial charge is 0.394 e. The molecule has 5 rings (SSSR count). The summed E-state index contributed by atoms with van der Waals surface area (Å²) in [6, 6.07) is 16.4.